The summed E-state index contributed by atoms with van der Waals surface area (Å²) in [7, 11) is 0. The molecule has 2 saturated heterocycles. The lowest BCUT2D eigenvalue weighted by molar-refractivity contribution is -0.135. The molecule has 0 radical (unpaired) electrons. The van der Waals surface area contributed by atoms with Crippen molar-refractivity contribution < 1.29 is 9.59 Å². The van der Waals surface area contributed by atoms with Crippen LogP contribution in [0.1, 0.15) is 12.8 Å². The van der Waals surface area contributed by atoms with Crippen LogP contribution in [0.3, 0.4) is 0 Å². The summed E-state index contributed by atoms with van der Waals surface area (Å²) in [6.07, 6.45) is 0.985. The van der Waals surface area contributed by atoms with Gasteiger partial charge in [-0.25, -0.2) is 0 Å². The second-order valence-corrected chi connectivity index (χ2v) is 2.82. The molecule has 2 heterocycles. The average molecular weight is 170 g/mol. The Hall–Kier alpha value is -1.14. The Bertz CT molecular complexity index is 206. The predicted octanol–water partition coefficient (Wildman–Crippen LogP) is -1.62. The molecule has 2 amide bonds. The number of hydrogen-bond acceptors (Lipinski definition) is 4. The Morgan fingerprint density at radius 3 is 1.58 bits per heavy atom. The van der Waals surface area contributed by atoms with Gasteiger partial charge in [0.15, 0.2) is 0 Å². The third-order valence-corrected chi connectivity index (χ3v) is 1.90. The van der Waals surface area contributed by atoms with Gasteiger partial charge in [0, 0.05) is 25.9 Å². The lowest BCUT2D eigenvalue weighted by Gasteiger charge is -2.24. The molecule has 0 aromatic rings. The number of hydrazine groups is 3. The van der Waals surface area contributed by atoms with Crippen LogP contribution in [0.15, 0.2) is 0 Å². The van der Waals surface area contributed by atoms with Crippen LogP contribution in [0, 0.1) is 0 Å². The number of carbonyl (C=O) groups excluding carboxylic acids is 2. The van der Waals surface area contributed by atoms with Crippen molar-refractivity contribution in [2.24, 2.45) is 0 Å². The number of carbonyl (C=O) groups is 2. The van der Waals surface area contributed by atoms with E-state index in [9.17, 15) is 9.59 Å². The molecule has 6 nitrogen and oxygen atoms in total. The molecule has 0 atom stereocenters. The van der Waals surface area contributed by atoms with E-state index in [-0.39, 0.29) is 11.8 Å². The molecule has 6 heteroatoms. The van der Waals surface area contributed by atoms with Gasteiger partial charge < -0.3 is 0 Å². The predicted molar refractivity (Wildman–Crippen MR) is 38.9 cm³/mol. The van der Waals surface area contributed by atoms with Gasteiger partial charge in [0.1, 0.15) is 0 Å². The minimum absolute atomic E-state index is 0.00357. The first kappa shape index (κ1) is 7.51. The van der Waals surface area contributed by atoms with Crippen LogP contribution in [0.4, 0.5) is 0 Å². The van der Waals surface area contributed by atoms with Gasteiger partial charge in [-0.15, -0.1) is 10.2 Å². The smallest absolute Gasteiger partial charge is 0.236 e. The summed E-state index contributed by atoms with van der Waals surface area (Å²) in [5, 5.41) is 3.26. The van der Waals surface area contributed by atoms with Crippen LogP contribution in [0.25, 0.3) is 0 Å². The molecule has 2 N–H and O–H groups in total. The number of nitrogens with one attached hydrogen (secondary N) is 2. The van der Waals surface area contributed by atoms with E-state index in [0.717, 1.165) is 0 Å². The van der Waals surface area contributed by atoms with Gasteiger partial charge in [0.25, 0.3) is 0 Å². The highest BCUT2D eigenvalue weighted by molar-refractivity contribution is 5.78. The first-order valence-electron chi connectivity index (χ1n) is 3.90. The molecular weight excluding hydrogens is 160 g/mol. The van der Waals surface area contributed by atoms with Crippen LogP contribution in [0.5, 0.6) is 0 Å². The Morgan fingerprint density at radius 2 is 1.33 bits per heavy atom. The Balaban J connectivity index is 1.93. The zero-order valence-corrected chi connectivity index (χ0v) is 6.54. The highest BCUT2D eigenvalue weighted by Gasteiger charge is 2.29. The molecule has 0 spiro atoms. The largest absolute Gasteiger partial charge is 0.274 e. The summed E-state index contributed by atoms with van der Waals surface area (Å²) in [6, 6.07) is 0. The first-order chi connectivity index (χ1) is 5.75. The molecule has 0 bridgehead atoms. The second-order valence-electron chi connectivity index (χ2n) is 2.82. The fraction of sp³-hybridized carbons (Fsp3) is 0.667. The molecular formula is C6H10N4O2. The standard InChI is InChI=1S/C6H10N4O2/c11-5-1-3-9(7-5)10-4-2-6(12)8-10/h1-4H2,(H,7,11)(H,8,12). The minimum atomic E-state index is -0.00357. The first-order valence-corrected chi connectivity index (χ1v) is 3.90. The molecule has 12 heavy (non-hydrogen) atoms. The van der Waals surface area contributed by atoms with E-state index in [2.05, 4.69) is 10.9 Å². The van der Waals surface area contributed by atoms with Crippen LogP contribution in [-0.2, 0) is 9.59 Å². The normalized spacial score (nSPS) is 26.0. The SMILES string of the molecule is O=C1CCN(N2CCC(=O)N2)N1. The molecule has 0 unspecified atom stereocenters. The number of nitrogens with zero attached hydrogens (tertiary/aromatic N) is 2. The van der Waals surface area contributed by atoms with Crippen LogP contribution >= 0.6 is 0 Å². The van der Waals surface area contributed by atoms with Crippen molar-refractivity contribution in [2.75, 3.05) is 13.1 Å². The maximum absolute atomic E-state index is 10.8. The molecule has 2 aliphatic heterocycles. The lowest BCUT2D eigenvalue weighted by Crippen LogP contribution is -2.51. The van der Waals surface area contributed by atoms with Crippen LogP contribution in [0.2, 0.25) is 0 Å². The molecule has 2 rings (SSSR count). The Labute approximate surface area is 69.4 Å². The topological polar surface area (TPSA) is 64.7 Å². The lowest BCUT2D eigenvalue weighted by atomic mass is 10.4. The summed E-state index contributed by atoms with van der Waals surface area (Å²) in [5.74, 6) is -0.00713. The Kier molecular flexibility index (Phi) is 1.70. The molecule has 2 aliphatic rings. The maximum atomic E-state index is 10.8. The highest BCUT2D eigenvalue weighted by Crippen LogP contribution is 2.05. The van der Waals surface area contributed by atoms with Crippen molar-refractivity contribution in [1.82, 2.24) is 21.1 Å². The van der Waals surface area contributed by atoms with Gasteiger partial charge in [-0.1, -0.05) is 0 Å². The van der Waals surface area contributed by atoms with E-state index >= 15 is 0 Å². The van der Waals surface area contributed by atoms with E-state index < -0.39 is 0 Å². The third kappa shape index (κ3) is 1.26. The van der Waals surface area contributed by atoms with Gasteiger partial charge in [0.2, 0.25) is 11.8 Å². The van der Waals surface area contributed by atoms with E-state index in [1.807, 2.05) is 0 Å². The van der Waals surface area contributed by atoms with E-state index in [1.165, 1.54) is 0 Å². The number of rotatable bonds is 1. The summed E-state index contributed by atoms with van der Waals surface area (Å²) in [5.41, 5.74) is 5.24. The highest BCUT2D eigenvalue weighted by atomic mass is 16.2. The van der Waals surface area contributed by atoms with Crippen LogP contribution in [-0.4, -0.2) is 35.1 Å². The third-order valence-electron chi connectivity index (χ3n) is 1.90. The zero-order valence-electron chi connectivity index (χ0n) is 6.54. The van der Waals surface area contributed by atoms with Crippen molar-refractivity contribution in [3.05, 3.63) is 0 Å². The molecule has 66 valence electrons. The van der Waals surface area contributed by atoms with Gasteiger partial charge in [-0.3, -0.25) is 20.4 Å². The van der Waals surface area contributed by atoms with Crippen LogP contribution < -0.4 is 10.9 Å². The summed E-state index contributed by atoms with van der Waals surface area (Å²) in [4.78, 5) is 21.6. The molecule has 0 aliphatic carbocycles. The summed E-state index contributed by atoms with van der Waals surface area (Å²) >= 11 is 0. The molecule has 2 fully saturated rings. The van der Waals surface area contributed by atoms with E-state index in [4.69, 9.17) is 0 Å². The summed E-state index contributed by atoms with van der Waals surface area (Å²) in [6.45, 7) is 1.25. The van der Waals surface area contributed by atoms with Crippen molar-refractivity contribution in [2.45, 2.75) is 12.8 Å². The van der Waals surface area contributed by atoms with Crippen molar-refractivity contribution in [1.29, 1.82) is 0 Å². The molecule has 0 saturated carbocycles. The fourth-order valence-electron chi connectivity index (χ4n) is 1.29. The Morgan fingerprint density at radius 1 is 0.917 bits per heavy atom. The summed E-state index contributed by atoms with van der Waals surface area (Å²) < 4.78 is 0. The molecule has 0 aromatic heterocycles. The second kappa shape index (κ2) is 2.72. The van der Waals surface area contributed by atoms with Crippen molar-refractivity contribution in [3.63, 3.8) is 0 Å². The van der Waals surface area contributed by atoms with Gasteiger partial charge in [0.05, 0.1) is 0 Å². The average Bonchev–Trinajstić information content (AvgIpc) is 2.58. The van der Waals surface area contributed by atoms with Crippen molar-refractivity contribution >= 4 is 11.8 Å². The fourth-order valence-corrected chi connectivity index (χ4v) is 1.29. The van der Waals surface area contributed by atoms with E-state index in [0.29, 0.717) is 25.9 Å². The van der Waals surface area contributed by atoms with Gasteiger partial charge in [-0.2, -0.15) is 0 Å². The monoisotopic (exact) mass is 170 g/mol. The van der Waals surface area contributed by atoms with Crippen molar-refractivity contribution in [3.8, 4) is 0 Å². The van der Waals surface area contributed by atoms with Gasteiger partial charge in [-0.05, 0) is 0 Å². The number of amides is 2. The maximum Gasteiger partial charge on any atom is 0.236 e. The van der Waals surface area contributed by atoms with E-state index in [1.54, 1.807) is 10.2 Å². The zero-order chi connectivity index (χ0) is 8.55. The quantitative estimate of drug-likeness (QED) is 0.496. The van der Waals surface area contributed by atoms with Gasteiger partial charge >= 0.3 is 0 Å². The number of hydrogen-bond donors (Lipinski definition) is 2. The molecule has 0 aromatic carbocycles. The minimum Gasteiger partial charge on any atom is -0.274 e.